The molecule has 0 aliphatic rings. The third-order valence-corrected chi connectivity index (χ3v) is 13.7. The van der Waals surface area contributed by atoms with Gasteiger partial charge in [-0.1, -0.05) is 36.4 Å². The molecular formula is C55H79N19O11. The Labute approximate surface area is 489 Å². The van der Waals surface area contributed by atoms with Crippen molar-refractivity contribution in [1.29, 1.82) is 0 Å². The van der Waals surface area contributed by atoms with Gasteiger partial charge in [-0.15, -0.1) is 0 Å². The smallest absolute Gasteiger partial charge is 0.326 e. The summed E-state index contributed by atoms with van der Waals surface area (Å²) in [6.45, 7) is -0.805. The van der Waals surface area contributed by atoms with Crippen LogP contribution in [0, 0.1) is 0 Å². The number of primary amides is 1. The number of carboxylic acid groups (broad SMARTS) is 1. The second kappa shape index (κ2) is 34.2. The number of carbonyl (C=O) groups is 10. The van der Waals surface area contributed by atoms with Crippen LogP contribution in [0.25, 0.3) is 21.8 Å². The number of benzene rings is 2. The third-order valence-electron chi connectivity index (χ3n) is 13.7. The Kier molecular flexibility index (Phi) is 26.7. The monoisotopic (exact) mass is 1180 g/mol. The summed E-state index contributed by atoms with van der Waals surface area (Å²) in [6, 6.07) is 5.37. The lowest BCUT2D eigenvalue weighted by atomic mass is 10.0. The van der Waals surface area contributed by atoms with Gasteiger partial charge in [0.05, 0.1) is 25.5 Å². The van der Waals surface area contributed by atoms with Crippen molar-refractivity contribution in [3.63, 3.8) is 0 Å². The lowest BCUT2D eigenvalue weighted by molar-refractivity contribution is -0.142. The molecule has 85 heavy (non-hydrogen) atoms. The number of imidazole rings is 1. The number of guanidine groups is 1. The minimum absolute atomic E-state index is 0.0325. The first-order valence-corrected chi connectivity index (χ1v) is 27.9. The number of fused-ring (bicyclic) bond motifs is 2. The Morgan fingerprint density at radius 2 is 1.02 bits per heavy atom. The zero-order valence-electron chi connectivity index (χ0n) is 47.1. The number of rotatable bonds is 38. The van der Waals surface area contributed by atoms with E-state index < -0.39 is 121 Å². The number of carboxylic acids is 1. The van der Waals surface area contributed by atoms with E-state index >= 15 is 0 Å². The molecule has 0 saturated carbocycles. The predicted molar refractivity (Wildman–Crippen MR) is 314 cm³/mol. The van der Waals surface area contributed by atoms with Crippen molar-refractivity contribution < 1.29 is 53.1 Å². The van der Waals surface area contributed by atoms with E-state index in [1.54, 1.807) is 36.7 Å². The molecule has 5 rings (SSSR count). The largest absolute Gasteiger partial charge is 0.480 e. The van der Waals surface area contributed by atoms with Crippen molar-refractivity contribution in [3.8, 4) is 0 Å². The summed E-state index contributed by atoms with van der Waals surface area (Å²) in [6.07, 6.45) is 7.15. The average Bonchev–Trinajstić information content (AvgIpc) is 3.75. The highest BCUT2D eigenvalue weighted by molar-refractivity contribution is 5.98. The van der Waals surface area contributed by atoms with E-state index in [1.165, 1.54) is 12.5 Å². The van der Waals surface area contributed by atoms with Gasteiger partial charge in [0.1, 0.15) is 36.3 Å². The summed E-state index contributed by atoms with van der Waals surface area (Å²) in [5.41, 5.74) is 37.6. The molecule has 5 aromatic rings. The summed E-state index contributed by atoms with van der Waals surface area (Å²) >= 11 is 0. The first-order chi connectivity index (χ1) is 40.8. The Morgan fingerprint density at radius 1 is 0.529 bits per heavy atom. The summed E-state index contributed by atoms with van der Waals surface area (Å²) in [7, 11) is 0. The Morgan fingerprint density at radius 3 is 1.58 bits per heavy atom. The van der Waals surface area contributed by atoms with E-state index in [1.807, 2.05) is 24.3 Å². The number of aromatic nitrogens is 4. The Bertz CT molecular complexity index is 3090. The number of aromatic amines is 3. The lowest BCUT2D eigenvalue weighted by Gasteiger charge is -2.27. The fraction of sp³-hybridized carbons (Fsp3) is 0.455. The van der Waals surface area contributed by atoms with Crippen LogP contribution in [0.1, 0.15) is 81.0 Å². The van der Waals surface area contributed by atoms with Crippen LogP contribution in [0.2, 0.25) is 0 Å². The molecule has 3 aromatic heterocycles. The molecule has 0 fully saturated rings. The van der Waals surface area contributed by atoms with Crippen molar-refractivity contribution in [3.05, 3.63) is 90.3 Å². The maximum Gasteiger partial charge on any atom is 0.326 e. The van der Waals surface area contributed by atoms with Gasteiger partial charge in [-0.2, -0.15) is 0 Å². The van der Waals surface area contributed by atoms with Crippen molar-refractivity contribution in [2.45, 2.75) is 126 Å². The van der Waals surface area contributed by atoms with Crippen LogP contribution in [-0.4, -0.2) is 165 Å². The zero-order chi connectivity index (χ0) is 61.8. The van der Waals surface area contributed by atoms with Gasteiger partial charge in [0.15, 0.2) is 5.96 Å². The summed E-state index contributed by atoms with van der Waals surface area (Å²) < 4.78 is 0. The molecule has 0 aliphatic carbocycles. The molecule has 24 N–H and O–H groups in total. The fourth-order valence-electron chi connectivity index (χ4n) is 9.17. The van der Waals surface area contributed by atoms with Gasteiger partial charge < -0.3 is 97.0 Å². The number of nitrogens with zero attached hydrogens (tertiary/aromatic N) is 2. The van der Waals surface area contributed by atoms with Crippen LogP contribution in [-0.2, 0) is 67.2 Å². The first kappa shape index (κ1) is 66.4. The van der Waals surface area contributed by atoms with Crippen LogP contribution < -0.4 is 76.9 Å². The van der Waals surface area contributed by atoms with Crippen LogP contribution in [0.5, 0.6) is 0 Å². The Hall–Kier alpha value is -9.42. The molecule has 460 valence electrons. The number of amides is 9. The number of para-hydroxylation sites is 2. The number of H-pyrrole nitrogens is 3. The third kappa shape index (κ3) is 22.0. The number of carbonyl (C=O) groups excluding carboxylic acids is 9. The molecule has 2 aromatic carbocycles. The minimum atomic E-state index is -1.51. The van der Waals surface area contributed by atoms with Crippen molar-refractivity contribution in [1.82, 2.24) is 62.5 Å². The molecule has 7 atom stereocenters. The van der Waals surface area contributed by atoms with Crippen molar-refractivity contribution in [2.75, 3.05) is 32.7 Å². The molecule has 0 radical (unpaired) electrons. The molecule has 0 unspecified atom stereocenters. The van der Waals surface area contributed by atoms with Gasteiger partial charge in [0.2, 0.25) is 53.2 Å². The molecule has 3 heterocycles. The normalized spacial score (nSPS) is 13.6. The summed E-state index contributed by atoms with van der Waals surface area (Å²) in [5, 5.41) is 31.9. The van der Waals surface area contributed by atoms with Gasteiger partial charge in [-0.25, -0.2) is 9.78 Å². The fourth-order valence-corrected chi connectivity index (χ4v) is 9.17. The number of aliphatic imine (C=N–C) groups is 1. The summed E-state index contributed by atoms with van der Waals surface area (Å²) in [4.78, 5) is 152. The molecule has 0 spiro atoms. The van der Waals surface area contributed by atoms with E-state index in [4.69, 9.17) is 34.4 Å². The number of hydrogen-bond acceptors (Lipinski definition) is 15. The van der Waals surface area contributed by atoms with Crippen molar-refractivity contribution >= 4 is 86.9 Å². The quantitative estimate of drug-likeness (QED) is 0.0104. The van der Waals surface area contributed by atoms with Crippen LogP contribution in [0.15, 0.2) is 78.4 Å². The van der Waals surface area contributed by atoms with Gasteiger partial charge >= 0.3 is 5.97 Å². The molecule has 0 bridgehead atoms. The van der Waals surface area contributed by atoms with Gasteiger partial charge in [0.25, 0.3) is 0 Å². The van der Waals surface area contributed by atoms with Gasteiger partial charge in [-0.3, -0.25) is 48.1 Å². The second-order valence-electron chi connectivity index (χ2n) is 20.3. The number of unbranched alkanes of at least 4 members (excludes halogenated alkanes) is 2. The van der Waals surface area contributed by atoms with Gasteiger partial charge in [0, 0.05) is 71.9 Å². The predicted octanol–water partition coefficient (Wildman–Crippen LogP) is -3.47. The molecule has 30 nitrogen and oxygen atoms in total. The Balaban J connectivity index is 1.27. The van der Waals surface area contributed by atoms with Crippen LogP contribution >= 0.6 is 0 Å². The number of nitrogens with one attached hydrogen (secondary N) is 11. The summed E-state index contributed by atoms with van der Waals surface area (Å²) in [5.74, 6) is -8.99. The maximum absolute atomic E-state index is 14.5. The molecule has 0 aliphatic heterocycles. The zero-order valence-corrected chi connectivity index (χ0v) is 47.1. The maximum atomic E-state index is 14.5. The van der Waals surface area contributed by atoms with Crippen LogP contribution in [0.4, 0.5) is 0 Å². The number of aliphatic carboxylic acids is 1. The van der Waals surface area contributed by atoms with Crippen molar-refractivity contribution in [2.24, 2.45) is 39.4 Å². The second-order valence-corrected chi connectivity index (χ2v) is 20.3. The highest BCUT2D eigenvalue weighted by Gasteiger charge is 2.34. The van der Waals surface area contributed by atoms with E-state index in [0.29, 0.717) is 54.4 Å². The highest BCUT2D eigenvalue weighted by Crippen LogP contribution is 2.21. The lowest BCUT2D eigenvalue weighted by Crippen LogP contribution is -2.59. The standard InChI is InChI=1S/C55H79N19O11/c56-19-7-5-14-39(51(81)74-43(23-32-26-65-38-13-4-2-11-35(32)38)53(83)71-40(16-9-21-63-55(60)61)50(80)72-42(54(84)85)15-6-8-20-57)70-52(82)41(17-18-45(59)75)69-47(77)29-66-46(76)28-67-49(79)44(24-33-27-62-30-68-33)73-48(78)36(58)22-31-25-64-37-12-3-1-10-34(31)37/h1-4,10-13,25-27,30,36,39-44,64-65H,5-9,14-24,28-29,56-58H2,(H2,59,75)(H,62,68)(H,66,76)(H,67,79)(H,69,77)(H,70,82)(H,71,83)(H,72,80)(H,73,78)(H,74,81)(H,84,85)(H4,60,61,63)/t36-,39-,40-,41-,42-,43-,44-/m0/s1. The SMILES string of the molecule is NCCCC[C@H](NC(=O)[C@H](CCCN=C(N)N)NC(=O)[C@H](Cc1c[nH]c2ccccc12)NC(=O)[C@H](CCCCN)NC(=O)[C@H](CCC(N)=O)NC(=O)CNC(=O)CNC(=O)[C@H](Cc1cnc[nH]1)NC(=O)[C@@H](N)Cc1c[nH]c2ccccc12)C(=O)O. The molecule has 0 saturated heterocycles. The van der Waals surface area contributed by atoms with E-state index in [0.717, 1.165) is 16.5 Å². The highest BCUT2D eigenvalue weighted by atomic mass is 16.4. The molecule has 9 amide bonds. The van der Waals surface area contributed by atoms with E-state index in [9.17, 15) is 53.1 Å². The topological polar surface area (TPSA) is 516 Å². The van der Waals surface area contributed by atoms with E-state index in [2.05, 4.69) is 67.5 Å². The number of nitrogens with two attached hydrogens (primary N) is 6. The minimum Gasteiger partial charge on any atom is -0.480 e. The molecule has 30 heteroatoms. The average molecular weight is 1180 g/mol. The number of hydrogen-bond donors (Lipinski definition) is 18. The van der Waals surface area contributed by atoms with Crippen LogP contribution in [0.3, 0.4) is 0 Å². The van der Waals surface area contributed by atoms with E-state index in [-0.39, 0.29) is 70.4 Å². The molecular weight excluding hydrogens is 1100 g/mol. The first-order valence-electron chi connectivity index (χ1n) is 27.9. The van der Waals surface area contributed by atoms with Gasteiger partial charge in [-0.05, 0) is 101 Å².